The summed E-state index contributed by atoms with van der Waals surface area (Å²) in [7, 11) is 0. The Balaban J connectivity index is 2.85. The number of thiophene rings is 1. The summed E-state index contributed by atoms with van der Waals surface area (Å²) in [6, 6.07) is 0. The van der Waals surface area contributed by atoms with Crippen molar-refractivity contribution in [3.8, 4) is 0 Å². The Labute approximate surface area is 128 Å². The second-order valence-electron chi connectivity index (χ2n) is 3.30. The van der Waals surface area contributed by atoms with Gasteiger partial charge in [-0.2, -0.15) is 0 Å². The first-order valence-electron chi connectivity index (χ1n) is 5.06. The number of hydrogen-bond acceptors (Lipinski definition) is 5. The third-order valence-corrected chi connectivity index (χ3v) is 3.12. The van der Waals surface area contributed by atoms with Crippen LogP contribution in [0.2, 0.25) is 0 Å². The van der Waals surface area contributed by atoms with Crippen LogP contribution in [0, 0.1) is 6.92 Å². The average molecular weight is 347 g/mol. The molecular formula is C10H10Cl3NO4S. The van der Waals surface area contributed by atoms with E-state index in [2.05, 4.69) is 10.1 Å². The van der Waals surface area contributed by atoms with E-state index in [1.807, 2.05) is 0 Å². The third-order valence-electron chi connectivity index (χ3n) is 1.88. The fraction of sp³-hybridized carbons (Fsp3) is 0.400. The second kappa shape index (κ2) is 6.65. The van der Waals surface area contributed by atoms with Gasteiger partial charge < -0.3 is 9.47 Å². The van der Waals surface area contributed by atoms with E-state index in [9.17, 15) is 9.59 Å². The lowest BCUT2D eigenvalue weighted by Gasteiger charge is -2.12. The van der Waals surface area contributed by atoms with E-state index < -0.39 is 16.0 Å². The fourth-order valence-corrected chi connectivity index (χ4v) is 2.34. The number of rotatable bonds is 3. The van der Waals surface area contributed by atoms with Gasteiger partial charge in [0, 0.05) is 0 Å². The van der Waals surface area contributed by atoms with E-state index in [0.29, 0.717) is 5.56 Å². The zero-order chi connectivity index (χ0) is 14.6. The molecule has 0 aliphatic heterocycles. The van der Waals surface area contributed by atoms with Crippen molar-refractivity contribution in [3.05, 3.63) is 16.5 Å². The molecule has 0 aliphatic rings. The maximum atomic E-state index is 11.7. The van der Waals surface area contributed by atoms with Crippen molar-refractivity contribution in [1.82, 2.24) is 0 Å². The third kappa shape index (κ3) is 5.06. The SMILES string of the molecule is CCOC(=O)c1c(C)csc1NC(=O)OC(Cl)(Cl)Cl. The van der Waals surface area contributed by atoms with Crippen LogP contribution >= 0.6 is 46.1 Å². The van der Waals surface area contributed by atoms with E-state index >= 15 is 0 Å². The molecule has 0 aliphatic carbocycles. The minimum Gasteiger partial charge on any atom is -0.462 e. The Morgan fingerprint density at radius 2 is 2.05 bits per heavy atom. The molecule has 5 nitrogen and oxygen atoms in total. The number of halogens is 3. The summed E-state index contributed by atoms with van der Waals surface area (Å²) in [5, 5.41) is 4.30. The number of esters is 1. The Hall–Kier alpha value is -0.690. The summed E-state index contributed by atoms with van der Waals surface area (Å²) in [5.74, 6) is -0.537. The molecule has 106 valence electrons. The number of carbonyl (C=O) groups excluding carboxylic acids is 2. The van der Waals surface area contributed by atoms with Crippen LogP contribution in [0.3, 0.4) is 0 Å². The van der Waals surface area contributed by atoms with Crippen LogP contribution in [0.15, 0.2) is 5.38 Å². The van der Waals surface area contributed by atoms with Gasteiger partial charge in [0.25, 0.3) is 0 Å². The summed E-state index contributed by atoms with van der Waals surface area (Å²) in [5.41, 5.74) is 0.931. The van der Waals surface area contributed by atoms with Crippen molar-refractivity contribution in [2.45, 2.75) is 17.8 Å². The number of aryl methyl sites for hydroxylation is 1. The van der Waals surface area contributed by atoms with E-state index in [4.69, 9.17) is 39.5 Å². The minimum absolute atomic E-state index is 0.228. The first-order chi connectivity index (χ1) is 8.74. The Bertz CT molecular complexity index is 484. The number of alkyl halides is 3. The minimum atomic E-state index is -2.17. The molecule has 0 saturated heterocycles. The van der Waals surface area contributed by atoms with Gasteiger partial charge in [0.05, 0.1) is 12.2 Å². The highest BCUT2D eigenvalue weighted by molar-refractivity contribution is 7.15. The number of amides is 1. The molecule has 0 unspecified atom stereocenters. The van der Waals surface area contributed by atoms with Crippen molar-refractivity contribution in [1.29, 1.82) is 0 Å². The maximum absolute atomic E-state index is 11.7. The predicted octanol–water partition coefficient (Wildman–Crippen LogP) is 4.11. The summed E-state index contributed by atoms with van der Waals surface area (Å²) in [4.78, 5) is 23.2. The lowest BCUT2D eigenvalue weighted by atomic mass is 10.2. The van der Waals surface area contributed by atoms with Gasteiger partial charge in [-0.1, -0.05) is 0 Å². The summed E-state index contributed by atoms with van der Waals surface area (Å²) in [6.45, 7) is 3.63. The van der Waals surface area contributed by atoms with Crippen LogP contribution in [0.25, 0.3) is 0 Å². The van der Waals surface area contributed by atoms with Gasteiger partial charge in [-0.15, -0.1) is 11.3 Å². The van der Waals surface area contributed by atoms with Crippen LogP contribution in [0.5, 0.6) is 0 Å². The Morgan fingerprint density at radius 3 is 2.58 bits per heavy atom. The molecule has 1 aromatic rings. The molecule has 0 radical (unpaired) electrons. The molecular weight excluding hydrogens is 337 g/mol. The van der Waals surface area contributed by atoms with Gasteiger partial charge in [-0.05, 0) is 59.6 Å². The van der Waals surface area contributed by atoms with E-state index in [1.165, 1.54) is 0 Å². The van der Waals surface area contributed by atoms with Crippen molar-refractivity contribution in [2.24, 2.45) is 0 Å². The Morgan fingerprint density at radius 1 is 1.42 bits per heavy atom. The molecule has 0 saturated carbocycles. The molecule has 1 aromatic heterocycles. The van der Waals surface area contributed by atoms with Gasteiger partial charge in [0.1, 0.15) is 5.00 Å². The van der Waals surface area contributed by atoms with E-state index in [0.717, 1.165) is 11.3 Å². The van der Waals surface area contributed by atoms with Crippen LogP contribution < -0.4 is 5.32 Å². The molecule has 0 fully saturated rings. The molecule has 0 spiro atoms. The van der Waals surface area contributed by atoms with Gasteiger partial charge in [-0.25, -0.2) is 9.59 Å². The second-order valence-corrected chi connectivity index (χ2v) is 6.36. The number of nitrogens with one attached hydrogen (secondary N) is 1. The number of anilines is 1. The molecule has 0 atom stereocenters. The highest BCUT2D eigenvalue weighted by Gasteiger charge is 2.27. The van der Waals surface area contributed by atoms with Crippen molar-refractivity contribution in [2.75, 3.05) is 11.9 Å². The molecule has 1 heterocycles. The van der Waals surface area contributed by atoms with Crippen molar-refractivity contribution in [3.63, 3.8) is 0 Å². The molecule has 19 heavy (non-hydrogen) atoms. The zero-order valence-electron chi connectivity index (χ0n) is 9.96. The zero-order valence-corrected chi connectivity index (χ0v) is 13.0. The Kier molecular flexibility index (Phi) is 5.73. The van der Waals surface area contributed by atoms with E-state index in [-0.39, 0.29) is 17.2 Å². The molecule has 1 amide bonds. The molecule has 1 N–H and O–H groups in total. The number of carbonyl (C=O) groups is 2. The lowest BCUT2D eigenvalue weighted by Crippen LogP contribution is -2.22. The monoisotopic (exact) mass is 345 g/mol. The van der Waals surface area contributed by atoms with Crippen molar-refractivity contribution >= 4 is 63.2 Å². The van der Waals surface area contributed by atoms with Crippen LogP contribution in [-0.4, -0.2) is 22.6 Å². The average Bonchev–Trinajstić information content (AvgIpc) is 2.57. The largest absolute Gasteiger partial charge is 0.462 e. The van der Waals surface area contributed by atoms with Gasteiger partial charge in [0.2, 0.25) is 0 Å². The van der Waals surface area contributed by atoms with Crippen LogP contribution in [0.4, 0.5) is 9.80 Å². The molecule has 1 rings (SSSR count). The maximum Gasteiger partial charge on any atom is 0.415 e. The highest BCUT2D eigenvalue weighted by atomic mass is 35.6. The number of ether oxygens (including phenoxy) is 2. The summed E-state index contributed by atoms with van der Waals surface area (Å²) in [6.07, 6.45) is -0.979. The van der Waals surface area contributed by atoms with E-state index in [1.54, 1.807) is 19.2 Å². The first-order valence-corrected chi connectivity index (χ1v) is 7.08. The fourth-order valence-electron chi connectivity index (χ4n) is 1.22. The molecule has 9 heteroatoms. The van der Waals surface area contributed by atoms with Crippen LogP contribution in [0.1, 0.15) is 22.8 Å². The predicted molar refractivity (Wildman–Crippen MR) is 75.4 cm³/mol. The topological polar surface area (TPSA) is 64.6 Å². The van der Waals surface area contributed by atoms with Crippen molar-refractivity contribution < 1.29 is 19.1 Å². The van der Waals surface area contributed by atoms with Gasteiger partial charge in [0.15, 0.2) is 0 Å². The van der Waals surface area contributed by atoms with Gasteiger partial charge in [-0.3, -0.25) is 5.32 Å². The highest BCUT2D eigenvalue weighted by Crippen LogP contribution is 2.31. The van der Waals surface area contributed by atoms with Crippen LogP contribution in [-0.2, 0) is 9.47 Å². The normalized spacial score (nSPS) is 11.0. The standard InChI is InChI=1S/C10H10Cl3NO4S/c1-3-17-8(15)6-5(2)4-19-7(6)14-9(16)18-10(11,12)13/h4H,3H2,1-2H3,(H,14,16). The summed E-state index contributed by atoms with van der Waals surface area (Å²) >= 11 is 17.1. The molecule has 0 aromatic carbocycles. The lowest BCUT2D eigenvalue weighted by molar-refractivity contribution is 0.0527. The quantitative estimate of drug-likeness (QED) is 0.661. The van der Waals surface area contributed by atoms with Gasteiger partial charge >= 0.3 is 16.0 Å². The smallest absolute Gasteiger partial charge is 0.415 e. The summed E-state index contributed by atoms with van der Waals surface area (Å²) < 4.78 is 7.17. The molecule has 0 bridgehead atoms. The number of hydrogen-bond donors (Lipinski definition) is 1. The first kappa shape index (κ1) is 16.4.